The monoisotopic (exact) mass is 292 g/mol. The molecule has 1 heterocycles. The first-order valence-electron chi connectivity index (χ1n) is 7.06. The second-order valence-corrected chi connectivity index (χ2v) is 5.19. The quantitative estimate of drug-likeness (QED) is 0.756. The van der Waals surface area contributed by atoms with Crippen molar-refractivity contribution in [1.82, 2.24) is 10.2 Å². The Hall–Kier alpha value is -2.08. The van der Waals surface area contributed by atoms with Crippen molar-refractivity contribution < 1.29 is 19.8 Å². The van der Waals surface area contributed by atoms with E-state index in [1.54, 1.807) is 4.90 Å². The first-order valence-corrected chi connectivity index (χ1v) is 7.06. The number of benzene rings is 1. The Bertz CT molecular complexity index is 492. The molecule has 114 valence electrons. The maximum absolute atomic E-state index is 12.1. The van der Waals surface area contributed by atoms with Crippen molar-refractivity contribution >= 4 is 12.0 Å². The van der Waals surface area contributed by atoms with Crippen LogP contribution in [0.15, 0.2) is 30.3 Å². The third-order valence-corrected chi connectivity index (χ3v) is 3.76. The zero-order chi connectivity index (χ0) is 15.2. The Morgan fingerprint density at radius 2 is 2.05 bits per heavy atom. The minimum atomic E-state index is -1.13. The zero-order valence-electron chi connectivity index (χ0n) is 11.7. The number of urea groups is 1. The number of hydrogen-bond acceptors (Lipinski definition) is 3. The van der Waals surface area contributed by atoms with Crippen molar-refractivity contribution in [1.29, 1.82) is 0 Å². The standard InChI is InChI=1S/C15H20N2O4/c18-9-7-13(14(19)20)16-15(21)17-8-6-12(10-17)11-4-2-1-3-5-11/h1-5,12-13,18H,6-10H2,(H,16,21)(H,19,20)/t12?,13-/m1/s1. The van der Waals surface area contributed by atoms with Crippen LogP contribution in [0, 0.1) is 0 Å². The van der Waals surface area contributed by atoms with Gasteiger partial charge in [0.25, 0.3) is 0 Å². The Morgan fingerprint density at radius 3 is 2.67 bits per heavy atom. The number of likely N-dealkylation sites (tertiary alicyclic amines) is 1. The van der Waals surface area contributed by atoms with Crippen LogP contribution in [0.25, 0.3) is 0 Å². The van der Waals surface area contributed by atoms with Crippen LogP contribution in [0.3, 0.4) is 0 Å². The Balaban J connectivity index is 1.91. The van der Waals surface area contributed by atoms with Gasteiger partial charge in [0.05, 0.1) is 0 Å². The molecule has 2 atom stereocenters. The number of aliphatic carboxylic acids is 1. The number of carboxylic acid groups (broad SMARTS) is 1. The van der Waals surface area contributed by atoms with E-state index in [1.165, 1.54) is 5.56 Å². The molecule has 2 amide bonds. The van der Waals surface area contributed by atoms with Crippen molar-refractivity contribution in [3.8, 4) is 0 Å². The normalized spacial score (nSPS) is 19.3. The van der Waals surface area contributed by atoms with Crippen LogP contribution in [0.2, 0.25) is 0 Å². The van der Waals surface area contributed by atoms with Crippen molar-refractivity contribution in [2.75, 3.05) is 19.7 Å². The number of nitrogens with one attached hydrogen (secondary N) is 1. The fourth-order valence-corrected chi connectivity index (χ4v) is 2.57. The Morgan fingerprint density at radius 1 is 1.33 bits per heavy atom. The van der Waals surface area contributed by atoms with E-state index < -0.39 is 12.0 Å². The molecule has 1 aromatic rings. The Kier molecular flexibility index (Phi) is 5.16. The maximum Gasteiger partial charge on any atom is 0.326 e. The van der Waals surface area contributed by atoms with Gasteiger partial charge < -0.3 is 20.4 Å². The number of aliphatic hydroxyl groups excluding tert-OH is 1. The summed E-state index contributed by atoms with van der Waals surface area (Å²) in [5.74, 6) is -0.839. The molecule has 6 nitrogen and oxygen atoms in total. The lowest BCUT2D eigenvalue weighted by Gasteiger charge is -2.20. The summed E-state index contributed by atoms with van der Waals surface area (Å²) in [5.41, 5.74) is 1.19. The Labute approximate surface area is 123 Å². The summed E-state index contributed by atoms with van der Waals surface area (Å²) < 4.78 is 0. The highest BCUT2D eigenvalue weighted by atomic mass is 16.4. The van der Waals surface area contributed by atoms with Crippen LogP contribution in [-0.4, -0.2) is 52.9 Å². The van der Waals surface area contributed by atoms with Gasteiger partial charge in [-0.25, -0.2) is 9.59 Å². The highest BCUT2D eigenvalue weighted by molar-refractivity contribution is 5.82. The van der Waals surface area contributed by atoms with Crippen LogP contribution in [0.5, 0.6) is 0 Å². The highest BCUT2D eigenvalue weighted by Gasteiger charge is 2.29. The van der Waals surface area contributed by atoms with Crippen molar-refractivity contribution in [2.24, 2.45) is 0 Å². The van der Waals surface area contributed by atoms with E-state index in [2.05, 4.69) is 5.32 Å². The lowest BCUT2D eigenvalue weighted by Crippen LogP contribution is -2.47. The molecule has 21 heavy (non-hydrogen) atoms. The number of aliphatic hydroxyl groups is 1. The van der Waals surface area contributed by atoms with Crippen LogP contribution in [0.4, 0.5) is 4.79 Å². The third kappa shape index (κ3) is 3.95. The number of carbonyl (C=O) groups excluding carboxylic acids is 1. The molecule has 1 fully saturated rings. The van der Waals surface area contributed by atoms with Gasteiger partial charge in [0, 0.05) is 32.0 Å². The molecule has 0 radical (unpaired) electrons. The van der Waals surface area contributed by atoms with Gasteiger partial charge in [-0.15, -0.1) is 0 Å². The fourth-order valence-electron chi connectivity index (χ4n) is 2.57. The van der Waals surface area contributed by atoms with Gasteiger partial charge in [0.1, 0.15) is 6.04 Å². The van der Waals surface area contributed by atoms with Crippen LogP contribution >= 0.6 is 0 Å². The SMILES string of the molecule is O=C(O)[C@@H](CCO)NC(=O)N1CCC(c2ccccc2)C1. The van der Waals surface area contributed by atoms with Crippen LogP contribution < -0.4 is 5.32 Å². The zero-order valence-corrected chi connectivity index (χ0v) is 11.7. The molecule has 0 bridgehead atoms. The molecule has 1 unspecified atom stereocenters. The summed E-state index contributed by atoms with van der Waals surface area (Å²) in [5, 5.41) is 20.3. The number of hydrogen-bond donors (Lipinski definition) is 3. The van der Waals surface area contributed by atoms with E-state index in [4.69, 9.17) is 10.2 Å². The molecule has 1 aromatic carbocycles. The first kappa shape index (κ1) is 15.3. The van der Waals surface area contributed by atoms with Crippen LogP contribution in [-0.2, 0) is 4.79 Å². The summed E-state index contributed by atoms with van der Waals surface area (Å²) in [6.45, 7) is 0.919. The van der Waals surface area contributed by atoms with E-state index in [0.29, 0.717) is 13.1 Å². The lowest BCUT2D eigenvalue weighted by molar-refractivity contribution is -0.139. The van der Waals surface area contributed by atoms with E-state index in [1.807, 2.05) is 30.3 Å². The first-order chi connectivity index (χ1) is 10.1. The van der Waals surface area contributed by atoms with Gasteiger partial charge in [-0.1, -0.05) is 30.3 Å². The van der Waals surface area contributed by atoms with E-state index in [-0.39, 0.29) is 25.0 Å². The van der Waals surface area contributed by atoms with Crippen molar-refractivity contribution in [2.45, 2.75) is 24.8 Å². The molecule has 1 saturated heterocycles. The van der Waals surface area contributed by atoms with Gasteiger partial charge >= 0.3 is 12.0 Å². The summed E-state index contributed by atoms with van der Waals surface area (Å²) in [4.78, 5) is 24.7. The van der Waals surface area contributed by atoms with Gasteiger partial charge in [-0.3, -0.25) is 0 Å². The average molecular weight is 292 g/mol. The summed E-state index contributed by atoms with van der Waals surface area (Å²) in [6.07, 6.45) is 0.881. The minimum Gasteiger partial charge on any atom is -0.480 e. The molecule has 0 aromatic heterocycles. The number of nitrogens with zero attached hydrogens (tertiary/aromatic N) is 1. The van der Waals surface area contributed by atoms with Crippen LogP contribution in [0.1, 0.15) is 24.3 Å². The van der Waals surface area contributed by atoms with E-state index >= 15 is 0 Å². The molecule has 0 spiro atoms. The predicted octanol–water partition coefficient (Wildman–Crippen LogP) is 1.02. The largest absolute Gasteiger partial charge is 0.480 e. The third-order valence-electron chi connectivity index (χ3n) is 3.76. The topological polar surface area (TPSA) is 89.9 Å². The molecule has 1 aliphatic rings. The van der Waals surface area contributed by atoms with E-state index in [0.717, 1.165) is 6.42 Å². The molecule has 0 aliphatic carbocycles. The molecular weight excluding hydrogens is 272 g/mol. The van der Waals surface area contributed by atoms with Gasteiger partial charge in [0.2, 0.25) is 0 Å². The smallest absolute Gasteiger partial charge is 0.326 e. The fraction of sp³-hybridized carbons (Fsp3) is 0.467. The molecule has 2 rings (SSSR count). The van der Waals surface area contributed by atoms with Crippen molar-refractivity contribution in [3.05, 3.63) is 35.9 Å². The van der Waals surface area contributed by atoms with Gasteiger partial charge in [-0.05, 0) is 12.0 Å². The number of amides is 2. The average Bonchev–Trinajstić information content (AvgIpc) is 2.97. The summed E-state index contributed by atoms with van der Waals surface area (Å²) >= 11 is 0. The van der Waals surface area contributed by atoms with Crippen molar-refractivity contribution in [3.63, 3.8) is 0 Å². The summed E-state index contributed by atoms with van der Waals surface area (Å²) in [6, 6.07) is 8.55. The number of carbonyl (C=O) groups is 2. The molecule has 6 heteroatoms. The predicted molar refractivity (Wildman–Crippen MR) is 77.0 cm³/mol. The second kappa shape index (κ2) is 7.08. The second-order valence-electron chi connectivity index (χ2n) is 5.19. The van der Waals surface area contributed by atoms with Gasteiger partial charge in [-0.2, -0.15) is 0 Å². The summed E-state index contributed by atoms with van der Waals surface area (Å²) in [7, 11) is 0. The van der Waals surface area contributed by atoms with E-state index in [9.17, 15) is 9.59 Å². The number of carboxylic acids is 1. The highest BCUT2D eigenvalue weighted by Crippen LogP contribution is 2.26. The maximum atomic E-state index is 12.1. The minimum absolute atomic E-state index is 0.0109. The molecule has 0 saturated carbocycles. The molecular formula is C15H20N2O4. The molecule has 3 N–H and O–H groups in total. The lowest BCUT2D eigenvalue weighted by atomic mass is 9.99. The van der Waals surface area contributed by atoms with Gasteiger partial charge in [0.15, 0.2) is 0 Å². The number of rotatable bonds is 5. The molecule has 1 aliphatic heterocycles.